The number of aromatic hydroxyl groups is 1. The molecule has 0 aliphatic rings. The fourth-order valence-electron chi connectivity index (χ4n) is 1.82. The van der Waals surface area contributed by atoms with Crippen molar-refractivity contribution in [1.29, 1.82) is 0 Å². The lowest BCUT2D eigenvalue weighted by atomic mass is 10.1. The molecular formula is C14H23NO5. The molecule has 0 saturated heterocycles. The van der Waals surface area contributed by atoms with Crippen LogP contribution in [-0.2, 0) is 16.0 Å². The molecule has 114 valence electrons. The van der Waals surface area contributed by atoms with Crippen molar-refractivity contribution in [3.63, 3.8) is 0 Å². The highest BCUT2D eigenvalue weighted by Gasteiger charge is 2.11. The van der Waals surface area contributed by atoms with Crippen LogP contribution in [0.15, 0.2) is 12.1 Å². The standard InChI is InChI=1S/C14H23NO5/c1-17-9-11(18-2)8-15-7-10-5-12(19-3)14(16)13(6-10)20-4/h5-6,11,15-16H,7-9H2,1-4H3. The van der Waals surface area contributed by atoms with Gasteiger partial charge in [-0.25, -0.2) is 0 Å². The van der Waals surface area contributed by atoms with E-state index in [2.05, 4.69) is 5.32 Å². The van der Waals surface area contributed by atoms with Gasteiger partial charge < -0.3 is 29.4 Å². The van der Waals surface area contributed by atoms with E-state index in [4.69, 9.17) is 18.9 Å². The maximum Gasteiger partial charge on any atom is 0.200 e. The third-order valence-corrected chi connectivity index (χ3v) is 2.93. The molecule has 0 fully saturated rings. The predicted octanol–water partition coefficient (Wildman–Crippen LogP) is 1.16. The second-order valence-electron chi connectivity index (χ2n) is 4.29. The molecule has 0 radical (unpaired) electrons. The van der Waals surface area contributed by atoms with E-state index in [1.165, 1.54) is 14.2 Å². The quantitative estimate of drug-likeness (QED) is 0.709. The van der Waals surface area contributed by atoms with Crippen molar-refractivity contribution in [3.8, 4) is 17.2 Å². The molecule has 0 aliphatic heterocycles. The van der Waals surface area contributed by atoms with Crippen LogP contribution in [0.1, 0.15) is 5.56 Å². The fraction of sp³-hybridized carbons (Fsp3) is 0.571. The molecule has 1 aromatic carbocycles. The van der Waals surface area contributed by atoms with Crippen LogP contribution in [0.25, 0.3) is 0 Å². The Labute approximate surface area is 119 Å². The predicted molar refractivity (Wildman–Crippen MR) is 75.6 cm³/mol. The van der Waals surface area contributed by atoms with Crippen molar-refractivity contribution in [3.05, 3.63) is 17.7 Å². The molecule has 1 rings (SSSR count). The molecule has 1 aromatic rings. The van der Waals surface area contributed by atoms with Crippen molar-refractivity contribution in [2.75, 3.05) is 41.6 Å². The van der Waals surface area contributed by atoms with Crippen molar-refractivity contribution in [2.45, 2.75) is 12.6 Å². The number of phenols is 1. The van der Waals surface area contributed by atoms with E-state index < -0.39 is 0 Å². The Bertz CT molecular complexity index is 386. The summed E-state index contributed by atoms with van der Waals surface area (Å²) in [7, 11) is 6.30. The molecule has 6 nitrogen and oxygen atoms in total. The molecule has 1 atom stereocenters. The third kappa shape index (κ3) is 4.56. The minimum Gasteiger partial charge on any atom is -0.502 e. The molecular weight excluding hydrogens is 262 g/mol. The maximum atomic E-state index is 9.83. The van der Waals surface area contributed by atoms with Crippen molar-refractivity contribution in [2.24, 2.45) is 0 Å². The summed E-state index contributed by atoms with van der Waals surface area (Å²) < 4.78 is 20.5. The van der Waals surface area contributed by atoms with Crippen molar-refractivity contribution >= 4 is 0 Å². The lowest BCUT2D eigenvalue weighted by Gasteiger charge is -2.16. The zero-order valence-corrected chi connectivity index (χ0v) is 12.4. The number of hydrogen-bond acceptors (Lipinski definition) is 6. The van der Waals surface area contributed by atoms with Gasteiger partial charge in [-0.3, -0.25) is 0 Å². The van der Waals surface area contributed by atoms with Crippen LogP contribution in [0.2, 0.25) is 0 Å². The SMILES string of the molecule is COCC(CNCc1cc(OC)c(O)c(OC)c1)OC. The van der Waals surface area contributed by atoms with Crippen LogP contribution in [0, 0.1) is 0 Å². The molecule has 0 heterocycles. The van der Waals surface area contributed by atoms with Gasteiger partial charge in [-0.1, -0.05) is 0 Å². The van der Waals surface area contributed by atoms with Gasteiger partial charge in [0.25, 0.3) is 0 Å². The molecule has 0 aromatic heterocycles. The average molecular weight is 285 g/mol. The Morgan fingerprint density at radius 3 is 2.15 bits per heavy atom. The average Bonchev–Trinajstić information content (AvgIpc) is 2.47. The normalized spacial score (nSPS) is 12.2. The van der Waals surface area contributed by atoms with E-state index in [1.807, 2.05) is 0 Å². The van der Waals surface area contributed by atoms with Gasteiger partial charge in [-0.05, 0) is 17.7 Å². The summed E-state index contributed by atoms with van der Waals surface area (Å²) in [6.07, 6.45) is 0.000839. The Kier molecular flexibility index (Phi) is 7.14. The van der Waals surface area contributed by atoms with Crippen LogP contribution < -0.4 is 14.8 Å². The largest absolute Gasteiger partial charge is 0.502 e. The first-order chi connectivity index (χ1) is 9.65. The molecule has 6 heteroatoms. The van der Waals surface area contributed by atoms with Gasteiger partial charge >= 0.3 is 0 Å². The summed E-state index contributed by atoms with van der Waals surface area (Å²) in [6, 6.07) is 3.53. The summed E-state index contributed by atoms with van der Waals surface area (Å²) in [5.74, 6) is 0.788. The third-order valence-electron chi connectivity index (χ3n) is 2.93. The summed E-state index contributed by atoms with van der Waals surface area (Å²) >= 11 is 0. The number of methoxy groups -OCH3 is 4. The van der Waals surface area contributed by atoms with E-state index >= 15 is 0 Å². The smallest absolute Gasteiger partial charge is 0.200 e. The van der Waals surface area contributed by atoms with Crippen LogP contribution in [0.5, 0.6) is 17.2 Å². The zero-order chi connectivity index (χ0) is 15.0. The van der Waals surface area contributed by atoms with Crippen LogP contribution >= 0.6 is 0 Å². The van der Waals surface area contributed by atoms with Gasteiger partial charge in [-0.2, -0.15) is 0 Å². The zero-order valence-electron chi connectivity index (χ0n) is 12.4. The Balaban J connectivity index is 2.63. The molecule has 20 heavy (non-hydrogen) atoms. The van der Waals surface area contributed by atoms with Gasteiger partial charge in [0.15, 0.2) is 11.5 Å². The van der Waals surface area contributed by atoms with E-state index in [9.17, 15) is 5.11 Å². The summed E-state index contributed by atoms with van der Waals surface area (Å²) in [5.41, 5.74) is 0.948. The lowest BCUT2D eigenvalue weighted by molar-refractivity contribution is 0.0288. The number of benzene rings is 1. The van der Waals surface area contributed by atoms with Gasteiger partial charge in [-0.15, -0.1) is 0 Å². The molecule has 0 spiro atoms. The molecule has 0 saturated carbocycles. The summed E-state index contributed by atoms with van der Waals surface area (Å²) in [4.78, 5) is 0. The first-order valence-electron chi connectivity index (χ1n) is 6.32. The first-order valence-corrected chi connectivity index (χ1v) is 6.32. The summed E-state index contributed by atoms with van der Waals surface area (Å²) in [6.45, 7) is 1.80. The minimum atomic E-state index is 0.000839. The van der Waals surface area contributed by atoms with E-state index in [0.29, 0.717) is 31.2 Å². The highest BCUT2D eigenvalue weighted by molar-refractivity contribution is 5.52. The Morgan fingerprint density at radius 2 is 1.70 bits per heavy atom. The van der Waals surface area contributed by atoms with Gasteiger partial charge in [0.1, 0.15) is 0 Å². The van der Waals surface area contributed by atoms with Crippen LogP contribution in [-0.4, -0.2) is 52.8 Å². The number of rotatable bonds is 9. The Hall–Kier alpha value is -1.50. The first kappa shape index (κ1) is 16.6. The van der Waals surface area contributed by atoms with Crippen molar-refractivity contribution < 1.29 is 24.1 Å². The topological polar surface area (TPSA) is 69.2 Å². The second kappa shape index (κ2) is 8.63. The highest BCUT2D eigenvalue weighted by Crippen LogP contribution is 2.36. The van der Waals surface area contributed by atoms with Crippen LogP contribution in [0.3, 0.4) is 0 Å². The van der Waals surface area contributed by atoms with Gasteiger partial charge in [0.05, 0.1) is 26.9 Å². The van der Waals surface area contributed by atoms with Crippen LogP contribution in [0.4, 0.5) is 0 Å². The maximum absolute atomic E-state index is 9.83. The summed E-state index contributed by atoms with van der Waals surface area (Å²) in [5, 5.41) is 13.1. The number of hydrogen-bond donors (Lipinski definition) is 2. The highest BCUT2D eigenvalue weighted by atomic mass is 16.5. The molecule has 0 aliphatic carbocycles. The monoisotopic (exact) mass is 285 g/mol. The van der Waals surface area contributed by atoms with E-state index in [-0.39, 0.29) is 11.9 Å². The minimum absolute atomic E-state index is 0.000839. The van der Waals surface area contributed by atoms with Gasteiger partial charge in [0.2, 0.25) is 5.75 Å². The molecule has 2 N–H and O–H groups in total. The van der Waals surface area contributed by atoms with Gasteiger partial charge in [0, 0.05) is 27.3 Å². The molecule has 1 unspecified atom stereocenters. The number of ether oxygens (including phenoxy) is 4. The number of phenolic OH excluding ortho intramolecular Hbond substituents is 1. The van der Waals surface area contributed by atoms with E-state index in [0.717, 1.165) is 5.56 Å². The number of nitrogens with one attached hydrogen (secondary N) is 1. The molecule has 0 amide bonds. The molecule has 0 bridgehead atoms. The second-order valence-corrected chi connectivity index (χ2v) is 4.29. The van der Waals surface area contributed by atoms with Crippen molar-refractivity contribution in [1.82, 2.24) is 5.32 Å². The van der Waals surface area contributed by atoms with E-state index in [1.54, 1.807) is 26.4 Å². The fourth-order valence-corrected chi connectivity index (χ4v) is 1.82. The lowest BCUT2D eigenvalue weighted by Crippen LogP contribution is -2.31. The Morgan fingerprint density at radius 1 is 1.10 bits per heavy atom.